The minimum Gasteiger partial charge on any atom is -0.465 e. The number of methoxy groups -OCH3 is 1. The van der Waals surface area contributed by atoms with Crippen molar-refractivity contribution in [1.29, 1.82) is 0 Å². The fraction of sp³-hybridized carbons (Fsp3) is 0.176. The van der Waals surface area contributed by atoms with Crippen LogP contribution in [0.25, 0.3) is 10.2 Å². The lowest BCUT2D eigenvalue weighted by molar-refractivity contribution is -0.113. The van der Waals surface area contributed by atoms with Crippen LogP contribution < -0.4 is 10.9 Å². The van der Waals surface area contributed by atoms with Crippen molar-refractivity contribution in [1.82, 2.24) is 9.55 Å². The molecule has 7 nitrogen and oxygen atoms in total. The number of carbonyl (C=O) groups excluding carboxylic acids is 2. The van der Waals surface area contributed by atoms with Crippen LogP contribution in [-0.2, 0) is 16.6 Å². The Kier molecular flexibility index (Phi) is 5.83. The van der Waals surface area contributed by atoms with E-state index in [0.717, 1.165) is 11.8 Å². The van der Waals surface area contributed by atoms with Gasteiger partial charge in [-0.15, -0.1) is 11.3 Å². The van der Waals surface area contributed by atoms with Crippen LogP contribution in [0.5, 0.6) is 0 Å². The number of thioether (sulfide) groups is 1. The van der Waals surface area contributed by atoms with E-state index in [0.29, 0.717) is 20.4 Å². The molecule has 3 aromatic rings. The molecular formula is C17H14ClN3O4S2. The molecule has 2 aromatic heterocycles. The summed E-state index contributed by atoms with van der Waals surface area (Å²) >= 11 is 8.40. The highest BCUT2D eigenvalue weighted by molar-refractivity contribution is 7.99. The van der Waals surface area contributed by atoms with E-state index in [9.17, 15) is 14.4 Å². The monoisotopic (exact) mass is 423 g/mol. The molecule has 0 bridgehead atoms. The maximum atomic E-state index is 12.3. The molecule has 0 aliphatic carbocycles. The molecule has 10 heteroatoms. The van der Waals surface area contributed by atoms with Gasteiger partial charge in [0.15, 0.2) is 5.16 Å². The predicted molar refractivity (Wildman–Crippen MR) is 107 cm³/mol. The number of rotatable bonds is 5. The Hall–Kier alpha value is -2.36. The number of hydrogen-bond donors (Lipinski definition) is 1. The van der Waals surface area contributed by atoms with Crippen molar-refractivity contribution in [3.05, 3.63) is 50.6 Å². The Balaban J connectivity index is 1.76. The number of fused-ring (bicyclic) bond motifs is 1. The number of benzene rings is 1. The molecule has 3 rings (SSSR count). The van der Waals surface area contributed by atoms with Crippen LogP contribution in [0.2, 0.25) is 5.02 Å². The lowest BCUT2D eigenvalue weighted by Crippen LogP contribution is -2.21. The van der Waals surface area contributed by atoms with E-state index >= 15 is 0 Å². The summed E-state index contributed by atoms with van der Waals surface area (Å²) in [5.41, 5.74) is 0.912. The number of aromatic nitrogens is 2. The first-order chi connectivity index (χ1) is 12.9. The number of anilines is 1. The minimum atomic E-state index is -0.582. The van der Waals surface area contributed by atoms with Crippen LogP contribution in [-0.4, -0.2) is 34.3 Å². The number of ether oxygens (including phenoxy) is 1. The highest BCUT2D eigenvalue weighted by atomic mass is 35.5. The summed E-state index contributed by atoms with van der Waals surface area (Å²) in [4.78, 5) is 40.8. The smallest absolute Gasteiger partial charge is 0.339 e. The number of thiophene rings is 1. The third-order valence-electron chi connectivity index (χ3n) is 3.64. The number of halogens is 1. The van der Waals surface area contributed by atoms with Crippen molar-refractivity contribution in [3.63, 3.8) is 0 Å². The first kappa shape index (κ1) is 19.4. The first-order valence-corrected chi connectivity index (χ1v) is 9.89. The molecule has 0 unspecified atom stereocenters. The van der Waals surface area contributed by atoms with Crippen molar-refractivity contribution >= 4 is 62.5 Å². The molecule has 0 aliphatic rings. The van der Waals surface area contributed by atoms with Gasteiger partial charge in [0.05, 0.1) is 29.6 Å². The average Bonchev–Trinajstić information content (AvgIpc) is 3.11. The van der Waals surface area contributed by atoms with Crippen LogP contribution in [0.4, 0.5) is 5.69 Å². The van der Waals surface area contributed by atoms with E-state index in [1.165, 1.54) is 41.2 Å². The number of hydrogen-bond acceptors (Lipinski definition) is 7. The second-order valence-corrected chi connectivity index (χ2v) is 7.71. The molecule has 27 heavy (non-hydrogen) atoms. The fourth-order valence-corrected chi connectivity index (χ4v) is 4.07. The summed E-state index contributed by atoms with van der Waals surface area (Å²) in [6.07, 6.45) is 0. The van der Waals surface area contributed by atoms with Gasteiger partial charge in [-0.2, -0.15) is 0 Å². The normalized spacial score (nSPS) is 10.8. The molecule has 1 aromatic carbocycles. The Morgan fingerprint density at radius 3 is 2.89 bits per heavy atom. The van der Waals surface area contributed by atoms with Gasteiger partial charge in [0.25, 0.3) is 5.56 Å². The van der Waals surface area contributed by atoms with Crippen LogP contribution in [0.1, 0.15) is 10.4 Å². The Morgan fingerprint density at radius 1 is 1.37 bits per heavy atom. The van der Waals surface area contributed by atoms with Gasteiger partial charge in [0.1, 0.15) is 4.70 Å². The van der Waals surface area contributed by atoms with Gasteiger partial charge in [-0.05, 0) is 29.6 Å². The van der Waals surface area contributed by atoms with Crippen molar-refractivity contribution in [3.8, 4) is 0 Å². The molecule has 0 saturated heterocycles. The summed E-state index contributed by atoms with van der Waals surface area (Å²) in [6, 6.07) is 6.25. The van der Waals surface area contributed by atoms with Gasteiger partial charge in [-0.3, -0.25) is 14.2 Å². The van der Waals surface area contributed by atoms with Crippen molar-refractivity contribution in [2.75, 3.05) is 18.2 Å². The summed E-state index contributed by atoms with van der Waals surface area (Å²) < 4.78 is 6.69. The lowest BCUT2D eigenvalue weighted by atomic mass is 10.2. The maximum Gasteiger partial charge on any atom is 0.339 e. The van der Waals surface area contributed by atoms with Gasteiger partial charge in [-0.25, -0.2) is 9.78 Å². The van der Waals surface area contributed by atoms with Crippen molar-refractivity contribution < 1.29 is 14.3 Å². The summed E-state index contributed by atoms with van der Waals surface area (Å²) in [5.74, 6) is -0.947. The zero-order chi connectivity index (χ0) is 19.6. The SMILES string of the molecule is COC(=O)c1ccc(Cl)cc1NC(=O)CSc1nc2ccsc2c(=O)n1C. The molecule has 0 atom stereocenters. The second-order valence-electron chi connectivity index (χ2n) is 5.41. The van der Waals surface area contributed by atoms with E-state index in [1.807, 2.05) is 0 Å². The van der Waals surface area contributed by atoms with E-state index in [1.54, 1.807) is 18.5 Å². The predicted octanol–water partition coefficient (Wildman–Crippen LogP) is 3.17. The topological polar surface area (TPSA) is 90.3 Å². The number of nitrogens with one attached hydrogen (secondary N) is 1. The Bertz CT molecular complexity index is 1090. The zero-order valence-electron chi connectivity index (χ0n) is 14.3. The van der Waals surface area contributed by atoms with Crippen LogP contribution in [0.15, 0.2) is 39.6 Å². The van der Waals surface area contributed by atoms with Crippen molar-refractivity contribution in [2.24, 2.45) is 7.05 Å². The van der Waals surface area contributed by atoms with E-state index in [2.05, 4.69) is 10.3 Å². The van der Waals surface area contributed by atoms with Gasteiger partial charge in [0, 0.05) is 12.1 Å². The van der Waals surface area contributed by atoms with Gasteiger partial charge in [0.2, 0.25) is 5.91 Å². The minimum absolute atomic E-state index is 0.00303. The molecule has 0 saturated carbocycles. The fourth-order valence-electron chi connectivity index (χ4n) is 2.32. The lowest BCUT2D eigenvalue weighted by Gasteiger charge is -2.11. The largest absolute Gasteiger partial charge is 0.465 e. The van der Waals surface area contributed by atoms with Crippen LogP contribution in [0, 0.1) is 0 Å². The first-order valence-electron chi connectivity index (χ1n) is 7.65. The standard InChI is InChI=1S/C17H14ClN3O4S2/c1-21-15(23)14-11(5-6-26-14)20-17(21)27-8-13(22)19-12-7-9(18)3-4-10(12)16(24)25-2/h3-7H,8H2,1-2H3,(H,19,22). The quantitative estimate of drug-likeness (QED) is 0.385. The zero-order valence-corrected chi connectivity index (χ0v) is 16.7. The molecule has 0 spiro atoms. The molecule has 0 fully saturated rings. The van der Waals surface area contributed by atoms with E-state index in [4.69, 9.17) is 16.3 Å². The van der Waals surface area contributed by atoms with Crippen LogP contribution in [0.3, 0.4) is 0 Å². The van der Waals surface area contributed by atoms with Crippen LogP contribution >= 0.6 is 34.7 Å². The average molecular weight is 424 g/mol. The van der Waals surface area contributed by atoms with Gasteiger partial charge < -0.3 is 10.1 Å². The molecule has 140 valence electrons. The Morgan fingerprint density at radius 2 is 2.15 bits per heavy atom. The number of amides is 1. The third-order valence-corrected chi connectivity index (χ3v) is 5.80. The highest BCUT2D eigenvalue weighted by Gasteiger charge is 2.16. The van der Waals surface area contributed by atoms with Crippen molar-refractivity contribution in [2.45, 2.75) is 5.16 Å². The molecule has 2 heterocycles. The maximum absolute atomic E-state index is 12.3. The summed E-state index contributed by atoms with van der Waals surface area (Å²) in [5, 5.41) is 5.25. The summed E-state index contributed by atoms with van der Waals surface area (Å²) in [6.45, 7) is 0. The summed E-state index contributed by atoms with van der Waals surface area (Å²) in [7, 11) is 2.87. The molecule has 0 radical (unpaired) electrons. The molecular weight excluding hydrogens is 410 g/mol. The molecule has 0 aliphatic heterocycles. The second kappa shape index (κ2) is 8.12. The Labute approximate surface area is 167 Å². The van der Waals surface area contributed by atoms with Gasteiger partial charge >= 0.3 is 5.97 Å². The molecule has 1 N–H and O–H groups in total. The van der Waals surface area contributed by atoms with Gasteiger partial charge in [-0.1, -0.05) is 23.4 Å². The third kappa shape index (κ3) is 4.15. The number of carbonyl (C=O) groups is 2. The molecule has 1 amide bonds. The number of esters is 1. The number of nitrogens with zero attached hydrogens (tertiary/aromatic N) is 2. The van der Waals surface area contributed by atoms with E-state index in [-0.39, 0.29) is 28.5 Å². The van der Waals surface area contributed by atoms with E-state index < -0.39 is 5.97 Å². The highest BCUT2D eigenvalue weighted by Crippen LogP contribution is 2.23.